The van der Waals surface area contributed by atoms with Crippen molar-refractivity contribution in [1.82, 2.24) is 9.36 Å². The molecule has 0 atom stereocenters. The molecule has 0 unspecified atom stereocenters. The van der Waals surface area contributed by atoms with Crippen LogP contribution >= 0.6 is 23.3 Å². The number of carbonyl (C=O) groups is 1. The second-order valence-corrected chi connectivity index (χ2v) is 6.54. The predicted molar refractivity (Wildman–Crippen MR) is 91.1 cm³/mol. The number of nitrogens with one attached hydrogen (secondary N) is 1. The summed E-state index contributed by atoms with van der Waals surface area (Å²) < 4.78 is 18.4. The van der Waals surface area contributed by atoms with Gasteiger partial charge in [0.15, 0.2) is 10.2 Å². The third-order valence-corrected chi connectivity index (χ3v) is 4.75. The van der Waals surface area contributed by atoms with Crippen LogP contribution in [0.5, 0.6) is 0 Å². The summed E-state index contributed by atoms with van der Waals surface area (Å²) in [7, 11) is 0. The Kier molecular flexibility index (Phi) is 4.99. The number of halogens is 1. The normalized spacial score (nSPS) is 10.5. The molecule has 0 radical (unpaired) electrons. The van der Waals surface area contributed by atoms with Crippen molar-refractivity contribution in [2.24, 2.45) is 0 Å². The largest absolute Gasteiger partial charge is 0.323 e. The Hall–Kier alpha value is -2.25. The van der Waals surface area contributed by atoms with E-state index in [9.17, 15) is 9.18 Å². The number of amides is 1. The number of carbonyl (C=O) groups excluding carboxylic acids is 1. The second kappa shape index (κ2) is 7.34. The molecule has 0 aliphatic heterocycles. The Bertz CT molecular complexity index is 808. The van der Waals surface area contributed by atoms with E-state index in [0.717, 1.165) is 5.56 Å². The second-order valence-electron chi connectivity index (χ2n) is 4.57. The fourth-order valence-corrected chi connectivity index (χ4v) is 3.26. The van der Waals surface area contributed by atoms with Crippen molar-refractivity contribution in [2.75, 3.05) is 11.1 Å². The van der Waals surface area contributed by atoms with E-state index >= 15 is 0 Å². The number of nitrogens with zero attached hydrogens (tertiary/aromatic N) is 2. The minimum Gasteiger partial charge on any atom is -0.323 e. The van der Waals surface area contributed by atoms with E-state index in [4.69, 9.17) is 0 Å². The van der Waals surface area contributed by atoms with E-state index in [-0.39, 0.29) is 17.3 Å². The summed E-state index contributed by atoms with van der Waals surface area (Å²) >= 11 is 2.52. The van der Waals surface area contributed by atoms with Gasteiger partial charge in [-0.25, -0.2) is 9.37 Å². The Morgan fingerprint density at radius 2 is 1.87 bits per heavy atom. The molecule has 116 valence electrons. The standard InChI is InChI=1S/C16H12FN3OS2/c17-12-8-4-5-9-13(12)18-14(21)10-22-16-19-15(20-23-16)11-6-2-1-3-7-11/h1-9H,10H2,(H,18,21). The lowest BCUT2D eigenvalue weighted by atomic mass is 10.2. The van der Waals surface area contributed by atoms with Crippen LogP contribution < -0.4 is 5.32 Å². The highest BCUT2D eigenvalue weighted by molar-refractivity contribution is 8.01. The quantitative estimate of drug-likeness (QED) is 0.708. The summed E-state index contributed by atoms with van der Waals surface area (Å²) in [5.41, 5.74) is 1.12. The maximum absolute atomic E-state index is 13.5. The number of para-hydroxylation sites is 1. The highest BCUT2D eigenvalue weighted by Crippen LogP contribution is 2.25. The highest BCUT2D eigenvalue weighted by Gasteiger charge is 2.10. The number of thioether (sulfide) groups is 1. The number of hydrogen-bond acceptors (Lipinski definition) is 5. The van der Waals surface area contributed by atoms with E-state index in [0.29, 0.717) is 10.2 Å². The fourth-order valence-electron chi connectivity index (χ4n) is 1.85. The van der Waals surface area contributed by atoms with Gasteiger partial charge in [-0.2, -0.15) is 4.37 Å². The van der Waals surface area contributed by atoms with Gasteiger partial charge >= 0.3 is 0 Å². The molecule has 0 aliphatic rings. The molecule has 1 aromatic heterocycles. The number of benzene rings is 2. The lowest BCUT2D eigenvalue weighted by molar-refractivity contribution is -0.113. The first-order chi connectivity index (χ1) is 11.2. The number of hydrogen-bond donors (Lipinski definition) is 1. The molecule has 0 saturated carbocycles. The van der Waals surface area contributed by atoms with Crippen LogP contribution in [0.2, 0.25) is 0 Å². The van der Waals surface area contributed by atoms with Crippen LogP contribution in [-0.4, -0.2) is 21.0 Å². The molecule has 3 rings (SSSR count). The molecule has 1 N–H and O–H groups in total. The zero-order chi connectivity index (χ0) is 16.1. The Labute approximate surface area is 140 Å². The molecule has 0 bridgehead atoms. The van der Waals surface area contributed by atoms with Crippen molar-refractivity contribution in [3.63, 3.8) is 0 Å². The maximum Gasteiger partial charge on any atom is 0.234 e. The van der Waals surface area contributed by atoms with Crippen molar-refractivity contribution in [3.05, 3.63) is 60.4 Å². The lowest BCUT2D eigenvalue weighted by Crippen LogP contribution is -2.14. The average molecular weight is 345 g/mol. The monoisotopic (exact) mass is 345 g/mol. The summed E-state index contributed by atoms with van der Waals surface area (Å²) in [6.45, 7) is 0. The van der Waals surface area contributed by atoms with Crippen LogP contribution in [0.1, 0.15) is 0 Å². The van der Waals surface area contributed by atoms with Crippen LogP contribution in [0.4, 0.5) is 10.1 Å². The molecule has 1 amide bonds. The van der Waals surface area contributed by atoms with Crippen molar-refractivity contribution in [2.45, 2.75) is 4.34 Å². The topological polar surface area (TPSA) is 54.9 Å². The molecule has 0 fully saturated rings. The van der Waals surface area contributed by atoms with E-state index in [2.05, 4.69) is 14.7 Å². The lowest BCUT2D eigenvalue weighted by Gasteiger charge is -2.04. The summed E-state index contributed by atoms with van der Waals surface area (Å²) in [6.07, 6.45) is 0. The Balaban J connectivity index is 1.58. The molecule has 4 nitrogen and oxygen atoms in total. The third-order valence-electron chi connectivity index (χ3n) is 2.91. The van der Waals surface area contributed by atoms with Crippen molar-refractivity contribution in [3.8, 4) is 11.4 Å². The van der Waals surface area contributed by atoms with E-state index < -0.39 is 5.82 Å². The smallest absolute Gasteiger partial charge is 0.234 e. The van der Waals surface area contributed by atoms with Crippen molar-refractivity contribution in [1.29, 1.82) is 0 Å². The zero-order valence-electron chi connectivity index (χ0n) is 11.9. The van der Waals surface area contributed by atoms with Crippen LogP contribution in [0.15, 0.2) is 58.9 Å². The maximum atomic E-state index is 13.5. The first kappa shape index (κ1) is 15.6. The van der Waals surface area contributed by atoms with E-state index in [1.54, 1.807) is 12.1 Å². The predicted octanol–water partition coefficient (Wildman–Crippen LogP) is 4.08. The van der Waals surface area contributed by atoms with Crippen molar-refractivity contribution < 1.29 is 9.18 Å². The molecule has 7 heteroatoms. The fraction of sp³-hybridized carbons (Fsp3) is 0.0625. The van der Waals surface area contributed by atoms with Crippen LogP contribution in [-0.2, 0) is 4.79 Å². The van der Waals surface area contributed by atoms with Crippen molar-refractivity contribution >= 4 is 34.9 Å². The molecule has 1 heterocycles. The molecule has 0 saturated heterocycles. The van der Waals surface area contributed by atoms with Gasteiger partial charge < -0.3 is 5.32 Å². The van der Waals surface area contributed by atoms with Gasteiger partial charge in [0.05, 0.1) is 11.4 Å². The van der Waals surface area contributed by atoms with Gasteiger partial charge in [-0.15, -0.1) is 0 Å². The van der Waals surface area contributed by atoms with Crippen LogP contribution in [0.25, 0.3) is 11.4 Å². The Morgan fingerprint density at radius 3 is 2.65 bits per heavy atom. The van der Waals surface area contributed by atoms with Gasteiger partial charge in [-0.1, -0.05) is 54.2 Å². The molecule has 0 spiro atoms. The number of anilines is 1. The average Bonchev–Trinajstić information content (AvgIpc) is 3.05. The SMILES string of the molecule is O=C(CSc1nc(-c2ccccc2)ns1)Nc1ccccc1F. The summed E-state index contributed by atoms with van der Waals surface area (Å²) in [5, 5.41) is 2.54. The van der Waals surface area contributed by atoms with Gasteiger partial charge in [0.25, 0.3) is 0 Å². The minimum absolute atomic E-state index is 0.151. The number of aromatic nitrogens is 2. The van der Waals surface area contributed by atoms with E-state index in [1.807, 2.05) is 30.3 Å². The molecular formula is C16H12FN3OS2. The highest BCUT2D eigenvalue weighted by atomic mass is 32.2. The van der Waals surface area contributed by atoms with Gasteiger partial charge in [-0.05, 0) is 23.7 Å². The summed E-state index contributed by atoms with van der Waals surface area (Å²) in [6, 6.07) is 15.7. The third kappa shape index (κ3) is 4.14. The molecule has 23 heavy (non-hydrogen) atoms. The molecular weight excluding hydrogens is 333 g/mol. The van der Waals surface area contributed by atoms with E-state index in [1.165, 1.54) is 35.4 Å². The van der Waals surface area contributed by atoms with Crippen LogP contribution in [0.3, 0.4) is 0 Å². The summed E-state index contributed by atoms with van der Waals surface area (Å²) in [4.78, 5) is 16.3. The van der Waals surface area contributed by atoms with Crippen LogP contribution in [0, 0.1) is 5.82 Å². The first-order valence-corrected chi connectivity index (χ1v) is 8.54. The van der Waals surface area contributed by atoms with Gasteiger partial charge in [-0.3, -0.25) is 4.79 Å². The zero-order valence-corrected chi connectivity index (χ0v) is 13.5. The first-order valence-electron chi connectivity index (χ1n) is 6.79. The van der Waals surface area contributed by atoms with Gasteiger partial charge in [0.1, 0.15) is 5.82 Å². The Morgan fingerprint density at radius 1 is 1.13 bits per heavy atom. The minimum atomic E-state index is -0.451. The molecule has 3 aromatic rings. The van der Waals surface area contributed by atoms with Gasteiger partial charge in [0.2, 0.25) is 5.91 Å². The molecule has 0 aliphatic carbocycles. The molecule has 2 aromatic carbocycles. The number of rotatable bonds is 5. The van der Waals surface area contributed by atoms with Gasteiger partial charge in [0, 0.05) is 5.56 Å². The summed E-state index contributed by atoms with van der Waals surface area (Å²) in [5.74, 6) is 0.0647.